The van der Waals surface area contributed by atoms with Crippen molar-refractivity contribution < 1.29 is 17.9 Å². The maximum absolute atomic E-state index is 12.3. The summed E-state index contributed by atoms with van der Waals surface area (Å²) in [5.41, 5.74) is 0. The molecule has 1 unspecified atom stereocenters. The molecule has 3 nitrogen and oxygen atoms in total. The molecule has 2 rings (SSSR count). The van der Waals surface area contributed by atoms with Crippen LogP contribution in [-0.4, -0.2) is 24.7 Å². The molecular formula is C8H9F3N2OS. The molecule has 0 spiro atoms. The average Bonchev–Trinajstić information content (AvgIpc) is 2.67. The van der Waals surface area contributed by atoms with Crippen LogP contribution < -0.4 is 5.32 Å². The van der Waals surface area contributed by atoms with Crippen molar-refractivity contribution in [2.24, 2.45) is 0 Å². The van der Waals surface area contributed by atoms with Gasteiger partial charge in [-0.2, -0.15) is 13.2 Å². The summed E-state index contributed by atoms with van der Waals surface area (Å²) in [6.07, 6.45) is -3.41. The highest BCUT2D eigenvalue weighted by molar-refractivity contribution is 7.11. The van der Waals surface area contributed by atoms with Gasteiger partial charge < -0.3 is 10.1 Å². The van der Waals surface area contributed by atoms with Gasteiger partial charge in [-0.3, -0.25) is 0 Å². The third-order valence-electron chi connectivity index (χ3n) is 2.01. The molecule has 1 aliphatic heterocycles. The SMILES string of the molecule is FC(F)(F)c1ncc(C2CNCCO2)s1. The molecule has 0 radical (unpaired) electrons. The van der Waals surface area contributed by atoms with E-state index in [0.717, 1.165) is 6.54 Å². The number of nitrogens with zero attached hydrogens (tertiary/aromatic N) is 1. The normalized spacial score (nSPS) is 23.0. The molecule has 1 N–H and O–H groups in total. The molecule has 0 bridgehead atoms. The lowest BCUT2D eigenvalue weighted by molar-refractivity contribution is -0.137. The number of alkyl halides is 3. The summed E-state index contributed by atoms with van der Waals surface area (Å²) in [5.74, 6) is 0. The van der Waals surface area contributed by atoms with Crippen LogP contribution >= 0.6 is 11.3 Å². The van der Waals surface area contributed by atoms with Crippen LogP contribution in [0.5, 0.6) is 0 Å². The Balaban J connectivity index is 2.12. The van der Waals surface area contributed by atoms with Crippen LogP contribution in [-0.2, 0) is 10.9 Å². The zero-order valence-electron chi connectivity index (χ0n) is 7.67. The van der Waals surface area contributed by atoms with Gasteiger partial charge in [0.15, 0.2) is 5.01 Å². The minimum absolute atomic E-state index is 0.299. The number of hydrogen-bond donors (Lipinski definition) is 1. The summed E-state index contributed by atoms with van der Waals surface area (Å²) in [6.45, 7) is 1.80. The van der Waals surface area contributed by atoms with Crippen LogP contribution in [0.2, 0.25) is 0 Å². The van der Waals surface area contributed by atoms with Gasteiger partial charge in [0, 0.05) is 19.3 Å². The highest BCUT2D eigenvalue weighted by Crippen LogP contribution is 2.35. The predicted molar refractivity (Wildman–Crippen MR) is 48.7 cm³/mol. The Kier molecular flexibility index (Phi) is 2.94. The lowest BCUT2D eigenvalue weighted by Gasteiger charge is -2.21. The molecule has 0 aromatic carbocycles. The molecular weight excluding hydrogens is 229 g/mol. The van der Waals surface area contributed by atoms with Crippen LogP contribution in [0.25, 0.3) is 0 Å². The molecule has 0 saturated carbocycles. The first kappa shape index (κ1) is 10.8. The van der Waals surface area contributed by atoms with Crippen molar-refractivity contribution in [3.8, 4) is 0 Å². The van der Waals surface area contributed by atoms with Crippen molar-refractivity contribution >= 4 is 11.3 Å². The average molecular weight is 238 g/mol. The molecule has 1 fully saturated rings. The van der Waals surface area contributed by atoms with Gasteiger partial charge in [-0.15, -0.1) is 11.3 Å². The second-order valence-electron chi connectivity index (χ2n) is 3.13. The van der Waals surface area contributed by atoms with Crippen molar-refractivity contribution in [2.45, 2.75) is 12.3 Å². The van der Waals surface area contributed by atoms with Crippen LogP contribution in [0, 0.1) is 0 Å². The van der Waals surface area contributed by atoms with Crippen LogP contribution in [0.4, 0.5) is 13.2 Å². The minimum atomic E-state index is -4.36. The van der Waals surface area contributed by atoms with Crippen molar-refractivity contribution in [2.75, 3.05) is 19.7 Å². The van der Waals surface area contributed by atoms with Crippen LogP contribution in [0.3, 0.4) is 0 Å². The van der Waals surface area contributed by atoms with Gasteiger partial charge in [0.1, 0.15) is 6.10 Å². The Morgan fingerprint density at radius 3 is 2.87 bits per heavy atom. The summed E-state index contributed by atoms with van der Waals surface area (Å²) < 4.78 is 42.1. The summed E-state index contributed by atoms with van der Waals surface area (Å²) in [7, 11) is 0. The predicted octanol–water partition coefficient (Wildman–Crippen LogP) is 1.82. The molecule has 0 aliphatic carbocycles. The number of halogens is 3. The van der Waals surface area contributed by atoms with Gasteiger partial charge in [-0.1, -0.05) is 0 Å². The topological polar surface area (TPSA) is 34.2 Å². The highest BCUT2D eigenvalue weighted by Gasteiger charge is 2.35. The van der Waals surface area contributed by atoms with Crippen molar-refractivity contribution in [1.82, 2.24) is 10.3 Å². The fourth-order valence-corrected chi connectivity index (χ4v) is 2.15. The second kappa shape index (κ2) is 4.07. The monoisotopic (exact) mass is 238 g/mol. The fraction of sp³-hybridized carbons (Fsp3) is 0.625. The standard InChI is InChI=1S/C8H9F3N2OS/c9-8(10,11)7-13-4-6(15-7)5-3-12-1-2-14-5/h4-5,12H,1-3H2. The number of ether oxygens (including phenoxy) is 1. The van der Waals surface area contributed by atoms with E-state index in [-0.39, 0.29) is 6.10 Å². The maximum atomic E-state index is 12.3. The Morgan fingerprint density at radius 2 is 2.33 bits per heavy atom. The zero-order chi connectivity index (χ0) is 10.9. The number of morpholine rings is 1. The van der Waals surface area contributed by atoms with Crippen molar-refractivity contribution in [3.63, 3.8) is 0 Å². The van der Waals surface area contributed by atoms with Gasteiger partial charge >= 0.3 is 6.18 Å². The molecule has 2 heterocycles. The lowest BCUT2D eigenvalue weighted by atomic mass is 10.3. The fourth-order valence-electron chi connectivity index (χ4n) is 1.31. The van der Waals surface area contributed by atoms with E-state index in [4.69, 9.17) is 4.74 Å². The Bertz CT molecular complexity index is 333. The summed E-state index contributed by atoms with van der Waals surface area (Å²) in [4.78, 5) is 3.87. The van der Waals surface area contributed by atoms with E-state index >= 15 is 0 Å². The van der Waals surface area contributed by atoms with E-state index in [0.29, 0.717) is 29.4 Å². The maximum Gasteiger partial charge on any atom is 0.443 e. The van der Waals surface area contributed by atoms with Gasteiger partial charge in [-0.05, 0) is 0 Å². The third-order valence-corrected chi connectivity index (χ3v) is 3.15. The second-order valence-corrected chi connectivity index (χ2v) is 4.19. The number of thiazole rings is 1. The summed E-state index contributed by atoms with van der Waals surface area (Å²) in [5, 5.41) is 2.24. The first-order valence-corrected chi connectivity index (χ1v) is 5.24. The van der Waals surface area contributed by atoms with Crippen molar-refractivity contribution in [1.29, 1.82) is 0 Å². The molecule has 1 aromatic heterocycles. The van der Waals surface area contributed by atoms with Gasteiger partial charge in [0.25, 0.3) is 0 Å². The van der Waals surface area contributed by atoms with Gasteiger partial charge in [-0.25, -0.2) is 4.98 Å². The molecule has 1 atom stereocenters. The third kappa shape index (κ3) is 2.47. The number of rotatable bonds is 1. The Labute approximate surface area is 88.3 Å². The van der Waals surface area contributed by atoms with E-state index < -0.39 is 11.2 Å². The Hall–Kier alpha value is -0.660. The summed E-state index contributed by atoms with van der Waals surface area (Å²) >= 11 is 0.645. The van der Waals surface area contributed by atoms with E-state index in [9.17, 15) is 13.2 Å². The molecule has 1 saturated heterocycles. The Morgan fingerprint density at radius 1 is 1.53 bits per heavy atom. The first-order chi connectivity index (χ1) is 7.07. The van der Waals surface area contributed by atoms with Crippen molar-refractivity contribution in [3.05, 3.63) is 16.1 Å². The number of hydrogen-bond acceptors (Lipinski definition) is 4. The largest absolute Gasteiger partial charge is 0.443 e. The van der Waals surface area contributed by atoms with E-state index in [1.807, 2.05) is 0 Å². The zero-order valence-corrected chi connectivity index (χ0v) is 8.49. The molecule has 84 valence electrons. The molecule has 0 amide bonds. The molecule has 7 heteroatoms. The van der Waals surface area contributed by atoms with E-state index in [1.165, 1.54) is 6.20 Å². The smallest absolute Gasteiger partial charge is 0.370 e. The minimum Gasteiger partial charge on any atom is -0.370 e. The molecule has 1 aliphatic rings. The van der Waals surface area contributed by atoms with Gasteiger partial charge in [0.2, 0.25) is 0 Å². The van der Waals surface area contributed by atoms with E-state index in [1.54, 1.807) is 0 Å². The number of nitrogens with one attached hydrogen (secondary N) is 1. The molecule has 15 heavy (non-hydrogen) atoms. The lowest BCUT2D eigenvalue weighted by Crippen LogP contribution is -2.32. The van der Waals surface area contributed by atoms with Crippen LogP contribution in [0.15, 0.2) is 6.20 Å². The summed E-state index contributed by atoms with van der Waals surface area (Å²) in [6, 6.07) is 0. The van der Waals surface area contributed by atoms with Gasteiger partial charge in [0.05, 0.1) is 11.5 Å². The van der Waals surface area contributed by atoms with E-state index in [2.05, 4.69) is 10.3 Å². The number of aromatic nitrogens is 1. The molecule has 1 aromatic rings. The van der Waals surface area contributed by atoms with Crippen LogP contribution in [0.1, 0.15) is 16.0 Å². The highest BCUT2D eigenvalue weighted by atomic mass is 32.1. The quantitative estimate of drug-likeness (QED) is 0.810. The first-order valence-electron chi connectivity index (χ1n) is 4.42.